The van der Waals surface area contributed by atoms with Gasteiger partial charge >= 0.3 is 0 Å². The van der Waals surface area contributed by atoms with E-state index in [-0.39, 0.29) is 0 Å². The van der Waals surface area contributed by atoms with E-state index in [1.54, 1.807) is 11.3 Å². The number of aliphatic hydroxyl groups is 1. The predicted octanol–water partition coefficient (Wildman–Crippen LogP) is 3.27. The highest BCUT2D eigenvalue weighted by Crippen LogP contribution is 2.37. The van der Waals surface area contributed by atoms with Crippen LogP contribution in [0.4, 0.5) is 0 Å². The van der Waals surface area contributed by atoms with Crippen molar-refractivity contribution in [2.45, 2.75) is 31.1 Å². The number of ether oxygens (including phenoxy) is 1. The Morgan fingerprint density at radius 2 is 2.35 bits per heavy atom. The van der Waals surface area contributed by atoms with Crippen LogP contribution in [0.2, 0.25) is 0 Å². The first kappa shape index (κ1) is 11.6. The van der Waals surface area contributed by atoms with Gasteiger partial charge in [0.25, 0.3) is 0 Å². The van der Waals surface area contributed by atoms with Crippen molar-refractivity contribution in [3.05, 3.63) is 33.2 Å². The zero-order valence-electron chi connectivity index (χ0n) is 9.65. The molecular formula is C13H16O2S2. The summed E-state index contributed by atoms with van der Waals surface area (Å²) in [4.78, 5) is 2.50. The highest BCUT2D eigenvalue weighted by atomic mass is 32.2. The van der Waals surface area contributed by atoms with E-state index in [0.717, 1.165) is 42.3 Å². The Hall–Kier alpha value is -0.450. The largest absolute Gasteiger partial charge is 0.495 e. The zero-order chi connectivity index (χ0) is 11.7. The first-order chi connectivity index (χ1) is 8.34. The molecule has 1 aromatic heterocycles. The third-order valence-electron chi connectivity index (χ3n) is 3.15. The minimum atomic E-state index is -0.545. The van der Waals surface area contributed by atoms with E-state index in [4.69, 9.17) is 4.74 Å². The van der Waals surface area contributed by atoms with Crippen LogP contribution < -0.4 is 0 Å². The van der Waals surface area contributed by atoms with Gasteiger partial charge in [-0.15, -0.1) is 11.3 Å². The molecule has 3 rings (SSSR count). The molecule has 4 heteroatoms. The molecule has 0 saturated heterocycles. The minimum absolute atomic E-state index is 0.545. The summed E-state index contributed by atoms with van der Waals surface area (Å²) < 4.78 is 5.54. The standard InChI is InChI=1S/C13H16O2S2/c14-13(10-3-1-2-5-15-10)12-7-9-8-16-6-4-11(9)17-12/h3,7,13-14H,1-2,4-6,8H2. The third kappa shape index (κ3) is 2.39. The lowest BCUT2D eigenvalue weighted by atomic mass is 10.1. The summed E-state index contributed by atoms with van der Waals surface area (Å²) in [5.41, 5.74) is 1.41. The van der Waals surface area contributed by atoms with Crippen LogP contribution in [0, 0.1) is 0 Å². The molecule has 1 N–H and O–H groups in total. The van der Waals surface area contributed by atoms with Gasteiger partial charge in [-0.1, -0.05) is 0 Å². The average molecular weight is 268 g/mol. The average Bonchev–Trinajstić information content (AvgIpc) is 2.82. The fourth-order valence-electron chi connectivity index (χ4n) is 2.21. The number of hydrogen-bond donors (Lipinski definition) is 1. The van der Waals surface area contributed by atoms with Crippen molar-refractivity contribution in [1.29, 1.82) is 0 Å². The molecule has 92 valence electrons. The quantitative estimate of drug-likeness (QED) is 0.892. The normalized spacial score (nSPS) is 21.4. The van der Waals surface area contributed by atoms with Gasteiger partial charge in [0.1, 0.15) is 11.9 Å². The van der Waals surface area contributed by atoms with Gasteiger partial charge in [0.15, 0.2) is 0 Å². The van der Waals surface area contributed by atoms with Crippen LogP contribution in [0.25, 0.3) is 0 Å². The lowest BCUT2D eigenvalue weighted by Crippen LogP contribution is -2.08. The van der Waals surface area contributed by atoms with E-state index < -0.39 is 6.10 Å². The van der Waals surface area contributed by atoms with Crippen molar-refractivity contribution in [2.24, 2.45) is 0 Å². The van der Waals surface area contributed by atoms with Gasteiger partial charge in [0.2, 0.25) is 0 Å². The Labute approximate surface area is 110 Å². The van der Waals surface area contributed by atoms with Crippen LogP contribution in [0.3, 0.4) is 0 Å². The topological polar surface area (TPSA) is 29.5 Å². The van der Waals surface area contributed by atoms with Crippen LogP contribution in [0.5, 0.6) is 0 Å². The Morgan fingerprint density at radius 3 is 3.12 bits per heavy atom. The molecule has 1 aromatic rings. The van der Waals surface area contributed by atoms with Gasteiger partial charge < -0.3 is 9.84 Å². The third-order valence-corrected chi connectivity index (χ3v) is 5.45. The lowest BCUT2D eigenvalue weighted by Gasteiger charge is -2.18. The first-order valence-electron chi connectivity index (χ1n) is 6.05. The molecule has 0 radical (unpaired) electrons. The fourth-order valence-corrected chi connectivity index (χ4v) is 4.58. The molecule has 0 bridgehead atoms. The number of hydrogen-bond acceptors (Lipinski definition) is 4. The van der Waals surface area contributed by atoms with E-state index in [1.165, 1.54) is 16.2 Å². The smallest absolute Gasteiger partial charge is 0.145 e. The summed E-state index contributed by atoms with van der Waals surface area (Å²) in [7, 11) is 0. The summed E-state index contributed by atoms with van der Waals surface area (Å²) in [6, 6.07) is 2.16. The lowest BCUT2D eigenvalue weighted by molar-refractivity contribution is 0.0937. The second-order valence-corrected chi connectivity index (χ2v) is 6.67. The van der Waals surface area contributed by atoms with Crippen molar-refractivity contribution < 1.29 is 9.84 Å². The predicted molar refractivity (Wildman–Crippen MR) is 72.4 cm³/mol. The summed E-state index contributed by atoms with van der Waals surface area (Å²) in [6.45, 7) is 0.740. The van der Waals surface area contributed by atoms with E-state index in [9.17, 15) is 5.11 Å². The number of thiophene rings is 1. The van der Waals surface area contributed by atoms with E-state index in [2.05, 4.69) is 6.07 Å². The van der Waals surface area contributed by atoms with Crippen LogP contribution in [-0.4, -0.2) is 17.5 Å². The molecule has 0 aromatic carbocycles. The Bertz CT molecular complexity index is 413. The van der Waals surface area contributed by atoms with Crippen molar-refractivity contribution >= 4 is 23.1 Å². The van der Waals surface area contributed by atoms with Crippen LogP contribution >= 0.6 is 23.1 Å². The second-order valence-electron chi connectivity index (χ2n) is 4.40. The van der Waals surface area contributed by atoms with Gasteiger partial charge in [0, 0.05) is 15.5 Å². The Morgan fingerprint density at radius 1 is 1.41 bits per heavy atom. The number of aryl methyl sites for hydroxylation is 1. The molecule has 1 unspecified atom stereocenters. The van der Waals surface area contributed by atoms with E-state index in [0.29, 0.717) is 0 Å². The van der Waals surface area contributed by atoms with Gasteiger partial charge in [-0.2, -0.15) is 11.8 Å². The van der Waals surface area contributed by atoms with Crippen molar-refractivity contribution in [3.8, 4) is 0 Å². The maximum absolute atomic E-state index is 10.3. The summed E-state index contributed by atoms with van der Waals surface area (Å²) >= 11 is 3.73. The Kier molecular flexibility index (Phi) is 3.45. The highest BCUT2D eigenvalue weighted by molar-refractivity contribution is 7.98. The molecule has 2 aliphatic heterocycles. The molecule has 17 heavy (non-hydrogen) atoms. The first-order valence-corrected chi connectivity index (χ1v) is 8.02. The summed E-state index contributed by atoms with van der Waals surface area (Å²) in [5.74, 6) is 3.06. The molecule has 0 amide bonds. The molecule has 0 aliphatic carbocycles. The number of thioether (sulfide) groups is 1. The summed E-state index contributed by atoms with van der Waals surface area (Å²) in [6.07, 6.45) is 4.72. The SMILES string of the molecule is OC(C1=CCCCO1)c1cc2c(s1)CCSC2. The zero-order valence-corrected chi connectivity index (χ0v) is 11.3. The summed E-state index contributed by atoms with van der Waals surface area (Å²) in [5, 5.41) is 10.3. The second kappa shape index (κ2) is 5.04. The van der Waals surface area contributed by atoms with Crippen LogP contribution in [0.1, 0.15) is 34.3 Å². The maximum atomic E-state index is 10.3. The molecule has 2 aliphatic rings. The van der Waals surface area contributed by atoms with E-state index in [1.807, 2.05) is 17.8 Å². The van der Waals surface area contributed by atoms with Crippen molar-refractivity contribution in [3.63, 3.8) is 0 Å². The van der Waals surface area contributed by atoms with Crippen LogP contribution in [-0.2, 0) is 16.9 Å². The van der Waals surface area contributed by atoms with Gasteiger partial charge in [-0.25, -0.2) is 0 Å². The maximum Gasteiger partial charge on any atom is 0.145 e. The molecule has 2 nitrogen and oxygen atoms in total. The van der Waals surface area contributed by atoms with Crippen molar-refractivity contribution in [2.75, 3.05) is 12.4 Å². The van der Waals surface area contributed by atoms with Crippen LogP contribution in [0.15, 0.2) is 17.9 Å². The molecular weight excluding hydrogens is 252 g/mol. The molecule has 3 heterocycles. The monoisotopic (exact) mass is 268 g/mol. The van der Waals surface area contributed by atoms with Gasteiger partial charge in [0.05, 0.1) is 6.61 Å². The number of aliphatic hydroxyl groups excluding tert-OH is 1. The molecule has 1 atom stereocenters. The molecule has 0 saturated carbocycles. The Balaban J connectivity index is 1.83. The number of rotatable bonds is 2. The van der Waals surface area contributed by atoms with Gasteiger partial charge in [-0.3, -0.25) is 0 Å². The molecule has 0 fully saturated rings. The number of fused-ring (bicyclic) bond motifs is 1. The molecule has 0 spiro atoms. The van der Waals surface area contributed by atoms with Crippen molar-refractivity contribution in [1.82, 2.24) is 0 Å². The minimum Gasteiger partial charge on any atom is -0.495 e. The number of allylic oxidation sites excluding steroid dienone is 1. The highest BCUT2D eigenvalue weighted by Gasteiger charge is 2.22. The van der Waals surface area contributed by atoms with Gasteiger partial charge in [-0.05, 0) is 42.7 Å². The van der Waals surface area contributed by atoms with E-state index >= 15 is 0 Å². The fraction of sp³-hybridized carbons (Fsp3) is 0.538.